The SMILES string of the molecule is CC(C)(CNC(=O)Cc1ccc(N2CCOCC2)cc1)N1CCCC1. The van der Waals surface area contributed by atoms with E-state index in [-0.39, 0.29) is 11.4 Å². The van der Waals surface area contributed by atoms with Crippen molar-refractivity contribution in [2.45, 2.75) is 38.6 Å². The topological polar surface area (TPSA) is 44.8 Å². The largest absolute Gasteiger partial charge is 0.378 e. The third-order valence-corrected chi connectivity index (χ3v) is 5.36. The van der Waals surface area contributed by atoms with Crippen molar-refractivity contribution >= 4 is 11.6 Å². The first-order valence-electron chi connectivity index (χ1n) is 9.48. The number of morpholine rings is 1. The Morgan fingerprint density at radius 2 is 1.72 bits per heavy atom. The van der Waals surface area contributed by atoms with Gasteiger partial charge in [0.2, 0.25) is 5.91 Å². The number of ether oxygens (including phenoxy) is 1. The molecule has 1 amide bonds. The zero-order valence-corrected chi connectivity index (χ0v) is 15.6. The monoisotopic (exact) mass is 345 g/mol. The van der Waals surface area contributed by atoms with E-state index in [1.165, 1.54) is 18.5 Å². The summed E-state index contributed by atoms with van der Waals surface area (Å²) in [6.07, 6.45) is 2.99. The second-order valence-electron chi connectivity index (χ2n) is 7.73. The Bertz CT molecular complexity index is 559. The first-order chi connectivity index (χ1) is 12.0. The molecule has 0 aromatic heterocycles. The van der Waals surface area contributed by atoms with E-state index in [0.29, 0.717) is 13.0 Å². The molecule has 2 aliphatic rings. The van der Waals surface area contributed by atoms with Crippen molar-refractivity contribution in [1.29, 1.82) is 0 Å². The van der Waals surface area contributed by atoms with Gasteiger partial charge in [-0.3, -0.25) is 9.69 Å². The van der Waals surface area contributed by atoms with Gasteiger partial charge in [0.25, 0.3) is 0 Å². The lowest BCUT2D eigenvalue weighted by Gasteiger charge is -2.35. The number of likely N-dealkylation sites (tertiary alicyclic amines) is 1. The third-order valence-electron chi connectivity index (χ3n) is 5.36. The van der Waals surface area contributed by atoms with Gasteiger partial charge in [-0.1, -0.05) is 12.1 Å². The quantitative estimate of drug-likeness (QED) is 0.857. The highest BCUT2D eigenvalue weighted by Crippen LogP contribution is 2.20. The summed E-state index contributed by atoms with van der Waals surface area (Å²) in [5.74, 6) is 0.103. The number of nitrogens with zero attached hydrogens (tertiary/aromatic N) is 2. The predicted molar refractivity (Wildman–Crippen MR) is 101 cm³/mol. The van der Waals surface area contributed by atoms with Gasteiger partial charge in [0.05, 0.1) is 19.6 Å². The molecule has 2 aliphatic heterocycles. The van der Waals surface area contributed by atoms with E-state index in [1.54, 1.807) is 0 Å². The van der Waals surface area contributed by atoms with Crippen molar-refractivity contribution in [3.05, 3.63) is 29.8 Å². The fourth-order valence-electron chi connectivity index (χ4n) is 3.64. The molecule has 1 aromatic rings. The molecule has 1 N–H and O–H groups in total. The van der Waals surface area contributed by atoms with Gasteiger partial charge in [-0.15, -0.1) is 0 Å². The van der Waals surface area contributed by atoms with E-state index >= 15 is 0 Å². The molecule has 5 nitrogen and oxygen atoms in total. The fraction of sp³-hybridized carbons (Fsp3) is 0.650. The summed E-state index contributed by atoms with van der Waals surface area (Å²) in [5, 5.41) is 3.12. The Kier molecular flexibility index (Phi) is 5.97. The van der Waals surface area contributed by atoms with E-state index in [4.69, 9.17) is 4.74 Å². The molecule has 0 saturated carbocycles. The summed E-state index contributed by atoms with van der Waals surface area (Å²) in [4.78, 5) is 17.1. The van der Waals surface area contributed by atoms with Crippen LogP contribution in [0.3, 0.4) is 0 Å². The molecular weight excluding hydrogens is 314 g/mol. The lowest BCUT2D eigenvalue weighted by atomic mass is 10.0. The number of hydrogen-bond acceptors (Lipinski definition) is 4. The zero-order chi connectivity index (χ0) is 17.7. The Morgan fingerprint density at radius 3 is 2.36 bits per heavy atom. The summed E-state index contributed by atoms with van der Waals surface area (Å²) < 4.78 is 5.39. The molecule has 2 saturated heterocycles. The molecule has 2 fully saturated rings. The number of hydrogen-bond donors (Lipinski definition) is 1. The number of nitrogens with one attached hydrogen (secondary N) is 1. The molecule has 25 heavy (non-hydrogen) atoms. The average molecular weight is 345 g/mol. The van der Waals surface area contributed by atoms with E-state index in [9.17, 15) is 4.79 Å². The Labute approximate surface area is 151 Å². The minimum absolute atomic E-state index is 0.0341. The zero-order valence-electron chi connectivity index (χ0n) is 15.6. The van der Waals surface area contributed by atoms with Crippen molar-refractivity contribution in [1.82, 2.24) is 10.2 Å². The van der Waals surface area contributed by atoms with Crippen LogP contribution in [0, 0.1) is 0 Å². The summed E-state index contributed by atoms with van der Waals surface area (Å²) in [7, 11) is 0. The molecular formula is C20H31N3O2. The number of amides is 1. The normalized spacial score (nSPS) is 19.2. The number of carbonyl (C=O) groups is 1. The Hall–Kier alpha value is -1.59. The predicted octanol–water partition coefficient (Wildman–Crippen LogP) is 2.06. The van der Waals surface area contributed by atoms with Crippen LogP contribution in [0.4, 0.5) is 5.69 Å². The van der Waals surface area contributed by atoms with E-state index < -0.39 is 0 Å². The second kappa shape index (κ2) is 8.19. The summed E-state index contributed by atoms with van der Waals surface area (Å²) in [6.45, 7) is 10.9. The van der Waals surface area contributed by atoms with Crippen molar-refractivity contribution in [2.75, 3.05) is 50.8 Å². The van der Waals surface area contributed by atoms with Gasteiger partial charge in [-0.05, 0) is 57.5 Å². The fourth-order valence-corrected chi connectivity index (χ4v) is 3.64. The average Bonchev–Trinajstić information content (AvgIpc) is 3.17. The van der Waals surface area contributed by atoms with Crippen LogP contribution in [0.1, 0.15) is 32.3 Å². The molecule has 0 atom stereocenters. The molecule has 1 aromatic carbocycles. The first kappa shape index (κ1) is 18.2. The van der Waals surface area contributed by atoms with E-state index in [0.717, 1.165) is 45.0 Å². The standard InChI is InChI=1S/C20H31N3O2/c1-20(2,23-9-3-4-10-23)16-21-19(24)15-17-5-7-18(8-6-17)22-11-13-25-14-12-22/h5-8H,3-4,9-16H2,1-2H3,(H,21,24). The number of rotatable bonds is 6. The lowest BCUT2D eigenvalue weighted by molar-refractivity contribution is -0.121. The highest BCUT2D eigenvalue weighted by molar-refractivity contribution is 5.78. The highest BCUT2D eigenvalue weighted by atomic mass is 16.5. The van der Waals surface area contributed by atoms with Crippen molar-refractivity contribution in [2.24, 2.45) is 0 Å². The molecule has 0 spiro atoms. The third kappa shape index (κ3) is 4.95. The molecule has 0 unspecified atom stereocenters. The van der Waals surface area contributed by atoms with Gasteiger partial charge in [0.15, 0.2) is 0 Å². The van der Waals surface area contributed by atoms with E-state index in [2.05, 4.69) is 53.2 Å². The lowest BCUT2D eigenvalue weighted by Crippen LogP contribution is -2.50. The molecule has 0 radical (unpaired) electrons. The summed E-state index contributed by atoms with van der Waals surface area (Å²) in [6, 6.07) is 8.36. The van der Waals surface area contributed by atoms with Crippen LogP contribution in [0.2, 0.25) is 0 Å². The van der Waals surface area contributed by atoms with Gasteiger partial charge >= 0.3 is 0 Å². The smallest absolute Gasteiger partial charge is 0.224 e. The number of carbonyl (C=O) groups excluding carboxylic acids is 1. The van der Waals surface area contributed by atoms with Gasteiger partial charge in [-0.2, -0.15) is 0 Å². The number of benzene rings is 1. The maximum atomic E-state index is 12.3. The minimum atomic E-state index is 0.0341. The summed E-state index contributed by atoms with van der Waals surface area (Å²) in [5.41, 5.74) is 2.31. The van der Waals surface area contributed by atoms with Crippen molar-refractivity contribution < 1.29 is 9.53 Å². The van der Waals surface area contributed by atoms with E-state index in [1.807, 2.05) is 0 Å². The molecule has 5 heteroatoms. The van der Waals surface area contributed by atoms with Crippen LogP contribution in [0.15, 0.2) is 24.3 Å². The van der Waals surface area contributed by atoms with Gasteiger partial charge < -0.3 is 15.0 Å². The maximum Gasteiger partial charge on any atom is 0.224 e. The van der Waals surface area contributed by atoms with Gasteiger partial charge in [0, 0.05) is 30.9 Å². The molecule has 138 valence electrons. The molecule has 0 aliphatic carbocycles. The summed E-state index contributed by atoms with van der Waals surface area (Å²) >= 11 is 0. The van der Waals surface area contributed by atoms with Crippen LogP contribution in [0.5, 0.6) is 0 Å². The highest BCUT2D eigenvalue weighted by Gasteiger charge is 2.29. The second-order valence-corrected chi connectivity index (χ2v) is 7.73. The molecule has 3 rings (SSSR count). The van der Waals surface area contributed by atoms with Crippen LogP contribution in [0.25, 0.3) is 0 Å². The van der Waals surface area contributed by atoms with Crippen molar-refractivity contribution in [3.8, 4) is 0 Å². The number of anilines is 1. The van der Waals surface area contributed by atoms with Crippen LogP contribution < -0.4 is 10.2 Å². The van der Waals surface area contributed by atoms with Crippen LogP contribution in [-0.4, -0.2) is 62.3 Å². The minimum Gasteiger partial charge on any atom is -0.378 e. The van der Waals surface area contributed by atoms with Crippen LogP contribution in [-0.2, 0) is 16.0 Å². The molecule has 2 heterocycles. The Balaban J connectivity index is 1.47. The van der Waals surface area contributed by atoms with Gasteiger partial charge in [0.1, 0.15) is 0 Å². The Morgan fingerprint density at radius 1 is 1.08 bits per heavy atom. The maximum absolute atomic E-state index is 12.3. The van der Waals surface area contributed by atoms with Crippen LogP contribution >= 0.6 is 0 Å². The molecule has 0 bridgehead atoms. The van der Waals surface area contributed by atoms with Crippen molar-refractivity contribution in [3.63, 3.8) is 0 Å². The van der Waals surface area contributed by atoms with Gasteiger partial charge in [-0.25, -0.2) is 0 Å². The first-order valence-corrected chi connectivity index (χ1v) is 9.48.